The van der Waals surface area contributed by atoms with Crippen LogP contribution in [0.3, 0.4) is 0 Å². The van der Waals surface area contributed by atoms with E-state index in [2.05, 4.69) is 32.9 Å². The molecule has 2 amide bonds. The standard InChI is InChI=1S/C21H23F3N6O3/c1-12(2)16(20(32)30-6-3-13(9-25)4-7-30)29-19(31)14-10-26-18-17(14)28-15(11-27-18)33-8-5-21(22,23)24/h10-11,13,16H,1,3-8H2,2H3,(H,26,27)(H,29,31)/t16-/m1/s1. The first-order valence-corrected chi connectivity index (χ1v) is 10.3. The van der Waals surface area contributed by atoms with E-state index < -0.39 is 31.2 Å². The van der Waals surface area contributed by atoms with Crippen molar-refractivity contribution in [1.82, 2.24) is 25.2 Å². The molecule has 2 N–H and O–H groups in total. The summed E-state index contributed by atoms with van der Waals surface area (Å²) in [5.74, 6) is -1.21. The van der Waals surface area contributed by atoms with Crippen LogP contribution in [0, 0.1) is 17.2 Å². The molecule has 3 heterocycles. The number of ether oxygens (including phenoxy) is 1. The average molecular weight is 464 g/mol. The van der Waals surface area contributed by atoms with Crippen LogP contribution in [-0.2, 0) is 4.79 Å². The van der Waals surface area contributed by atoms with Crippen molar-refractivity contribution in [3.05, 3.63) is 30.1 Å². The molecule has 3 rings (SSSR count). The molecule has 2 aromatic heterocycles. The monoisotopic (exact) mass is 464 g/mol. The Kier molecular flexibility index (Phi) is 7.20. The van der Waals surface area contributed by atoms with Gasteiger partial charge in [-0.25, -0.2) is 9.97 Å². The molecular weight excluding hydrogens is 441 g/mol. The van der Waals surface area contributed by atoms with E-state index in [0.717, 1.165) is 6.20 Å². The number of amides is 2. The Bertz CT molecular complexity index is 1080. The number of halogens is 3. The highest BCUT2D eigenvalue weighted by Gasteiger charge is 2.31. The minimum atomic E-state index is -4.37. The van der Waals surface area contributed by atoms with Crippen LogP contribution in [-0.4, -0.2) is 63.6 Å². The Morgan fingerprint density at radius 1 is 1.42 bits per heavy atom. The zero-order valence-electron chi connectivity index (χ0n) is 17.9. The lowest BCUT2D eigenvalue weighted by atomic mass is 9.97. The number of carbonyl (C=O) groups excluding carboxylic acids is 2. The number of fused-ring (bicyclic) bond motifs is 1. The van der Waals surface area contributed by atoms with E-state index in [0.29, 0.717) is 31.5 Å². The van der Waals surface area contributed by atoms with Crippen LogP contribution in [0.4, 0.5) is 13.2 Å². The van der Waals surface area contributed by atoms with Gasteiger partial charge in [-0.1, -0.05) is 6.58 Å². The maximum atomic E-state index is 13.0. The third-order valence-corrected chi connectivity index (χ3v) is 5.24. The highest BCUT2D eigenvalue weighted by atomic mass is 19.4. The van der Waals surface area contributed by atoms with Crippen molar-refractivity contribution in [2.45, 2.75) is 38.4 Å². The molecule has 0 bridgehead atoms. The molecule has 176 valence electrons. The Morgan fingerprint density at radius 3 is 2.73 bits per heavy atom. The van der Waals surface area contributed by atoms with Crippen LogP contribution in [0.25, 0.3) is 11.2 Å². The SMILES string of the molecule is C=C(C)[C@@H](NC(=O)c1c[nH]c2ncc(OCCC(F)(F)F)nc12)C(=O)N1CCC(C#N)CC1. The number of aromatic nitrogens is 3. The van der Waals surface area contributed by atoms with Gasteiger partial charge in [0, 0.05) is 25.2 Å². The molecule has 0 saturated carbocycles. The van der Waals surface area contributed by atoms with E-state index in [1.807, 2.05) is 0 Å². The summed E-state index contributed by atoms with van der Waals surface area (Å²) in [4.78, 5) is 38.4. The summed E-state index contributed by atoms with van der Waals surface area (Å²) in [6.07, 6.45) is -1.89. The third kappa shape index (κ3) is 6.00. The number of aromatic amines is 1. The van der Waals surface area contributed by atoms with Crippen LogP contribution >= 0.6 is 0 Å². The van der Waals surface area contributed by atoms with Crippen molar-refractivity contribution in [3.63, 3.8) is 0 Å². The molecule has 0 spiro atoms. The predicted octanol–water partition coefficient (Wildman–Crippen LogP) is 2.73. The zero-order valence-corrected chi connectivity index (χ0v) is 17.9. The van der Waals surface area contributed by atoms with Crippen molar-refractivity contribution < 1.29 is 27.5 Å². The summed E-state index contributed by atoms with van der Waals surface area (Å²) in [7, 11) is 0. The van der Waals surface area contributed by atoms with Gasteiger partial charge in [-0.15, -0.1) is 0 Å². The first kappa shape index (κ1) is 24.0. The largest absolute Gasteiger partial charge is 0.476 e. The van der Waals surface area contributed by atoms with Gasteiger partial charge in [0.15, 0.2) is 5.65 Å². The number of nitrogens with one attached hydrogen (secondary N) is 2. The van der Waals surface area contributed by atoms with Gasteiger partial charge in [0.2, 0.25) is 11.8 Å². The van der Waals surface area contributed by atoms with E-state index in [9.17, 15) is 22.8 Å². The normalized spacial score (nSPS) is 15.7. The summed E-state index contributed by atoms with van der Waals surface area (Å²) in [6.45, 7) is 5.61. The summed E-state index contributed by atoms with van der Waals surface area (Å²) < 4.78 is 42.0. The predicted molar refractivity (Wildman–Crippen MR) is 111 cm³/mol. The minimum absolute atomic E-state index is 0.0565. The van der Waals surface area contributed by atoms with E-state index >= 15 is 0 Å². The molecule has 0 aliphatic carbocycles. The third-order valence-electron chi connectivity index (χ3n) is 5.24. The van der Waals surface area contributed by atoms with E-state index in [1.165, 1.54) is 6.20 Å². The van der Waals surface area contributed by atoms with Gasteiger partial charge in [0.25, 0.3) is 5.91 Å². The van der Waals surface area contributed by atoms with Crippen molar-refractivity contribution in [2.24, 2.45) is 5.92 Å². The second-order valence-corrected chi connectivity index (χ2v) is 7.80. The molecular formula is C21H23F3N6O3. The Hall–Kier alpha value is -3.62. The molecule has 1 saturated heterocycles. The highest BCUT2D eigenvalue weighted by molar-refractivity contribution is 6.06. The van der Waals surface area contributed by atoms with Gasteiger partial charge in [0.05, 0.1) is 30.9 Å². The lowest BCUT2D eigenvalue weighted by molar-refractivity contribution is -0.139. The molecule has 1 atom stereocenters. The number of nitrogens with zero attached hydrogens (tertiary/aromatic N) is 4. The second-order valence-electron chi connectivity index (χ2n) is 7.80. The number of H-pyrrole nitrogens is 1. The van der Waals surface area contributed by atoms with Crippen molar-refractivity contribution in [2.75, 3.05) is 19.7 Å². The Morgan fingerprint density at radius 2 is 2.12 bits per heavy atom. The van der Waals surface area contributed by atoms with E-state index in [-0.39, 0.29) is 34.4 Å². The number of piperidine rings is 1. The molecule has 2 aromatic rings. The quantitative estimate of drug-likeness (QED) is 0.608. The fourth-order valence-electron chi connectivity index (χ4n) is 3.41. The lowest BCUT2D eigenvalue weighted by Gasteiger charge is -2.32. The van der Waals surface area contributed by atoms with Gasteiger partial charge in [-0.2, -0.15) is 18.4 Å². The number of alkyl halides is 3. The van der Waals surface area contributed by atoms with Crippen molar-refractivity contribution in [3.8, 4) is 11.9 Å². The molecule has 9 nitrogen and oxygen atoms in total. The fourth-order valence-corrected chi connectivity index (χ4v) is 3.41. The molecule has 33 heavy (non-hydrogen) atoms. The number of hydrogen-bond acceptors (Lipinski definition) is 6. The number of likely N-dealkylation sites (tertiary alicyclic amines) is 1. The topological polar surface area (TPSA) is 124 Å². The zero-order chi connectivity index (χ0) is 24.2. The van der Waals surface area contributed by atoms with Crippen molar-refractivity contribution in [1.29, 1.82) is 5.26 Å². The van der Waals surface area contributed by atoms with Gasteiger partial charge < -0.3 is 19.9 Å². The minimum Gasteiger partial charge on any atom is -0.476 e. The number of nitriles is 1. The summed E-state index contributed by atoms with van der Waals surface area (Å²) in [6, 6.07) is 1.21. The molecule has 1 aliphatic heterocycles. The van der Waals surface area contributed by atoms with Gasteiger partial charge in [0.1, 0.15) is 11.6 Å². The highest BCUT2D eigenvalue weighted by Crippen LogP contribution is 2.22. The molecule has 12 heteroatoms. The Balaban J connectivity index is 1.72. The maximum Gasteiger partial charge on any atom is 0.392 e. The molecule has 0 unspecified atom stereocenters. The first-order chi connectivity index (χ1) is 15.6. The van der Waals surface area contributed by atoms with Crippen LogP contribution in [0.5, 0.6) is 5.88 Å². The summed E-state index contributed by atoms with van der Waals surface area (Å²) >= 11 is 0. The summed E-state index contributed by atoms with van der Waals surface area (Å²) in [5.41, 5.74) is 0.818. The molecule has 1 fully saturated rings. The van der Waals surface area contributed by atoms with E-state index in [1.54, 1.807) is 11.8 Å². The molecule has 1 aliphatic rings. The maximum absolute atomic E-state index is 13.0. The van der Waals surface area contributed by atoms with E-state index in [4.69, 9.17) is 10.00 Å². The Labute approximate surface area is 187 Å². The number of rotatable bonds is 7. The second kappa shape index (κ2) is 9.89. The number of hydrogen-bond donors (Lipinski definition) is 2. The fraction of sp³-hybridized carbons (Fsp3) is 0.476. The first-order valence-electron chi connectivity index (χ1n) is 10.3. The summed E-state index contributed by atoms with van der Waals surface area (Å²) in [5, 5.41) is 11.7. The number of carbonyl (C=O) groups is 2. The smallest absolute Gasteiger partial charge is 0.392 e. The van der Waals surface area contributed by atoms with Crippen molar-refractivity contribution >= 4 is 23.0 Å². The van der Waals surface area contributed by atoms with Crippen LogP contribution in [0.2, 0.25) is 0 Å². The van der Waals surface area contributed by atoms with Crippen LogP contribution in [0.1, 0.15) is 36.5 Å². The average Bonchev–Trinajstić information content (AvgIpc) is 3.19. The molecule has 0 radical (unpaired) electrons. The lowest BCUT2D eigenvalue weighted by Crippen LogP contribution is -2.51. The molecule has 0 aromatic carbocycles. The van der Waals surface area contributed by atoms with Crippen LogP contribution < -0.4 is 10.1 Å². The van der Waals surface area contributed by atoms with Gasteiger partial charge >= 0.3 is 6.18 Å². The van der Waals surface area contributed by atoms with Crippen LogP contribution in [0.15, 0.2) is 24.5 Å². The van der Waals surface area contributed by atoms with Gasteiger partial charge in [-0.05, 0) is 25.3 Å². The van der Waals surface area contributed by atoms with Gasteiger partial charge in [-0.3, -0.25) is 9.59 Å².